The molecular formula is C15H21ClN4O. The summed E-state index contributed by atoms with van der Waals surface area (Å²) in [6.45, 7) is 4.49. The Morgan fingerprint density at radius 3 is 2.81 bits per heavy atom. The Balaban J connectivity index is 2.25. The van der Waals surface area contributed by atoms with Crippen LogP contribution < -0.4 is 16.0 Å². The van der Waals surface area contributed by atoms with Gasteiger partial charge in [0.15, 0.2) is 0 Å². The molecule has 1 atom stereocenters. The standard InChI is InChI=1S/C15H21ClN4O/c1-4-21-12-7-5-6-11(8-12)13(18-17)9-14-15(16)10(2)19-20(14)3/h5-8,13,18H,4,9,17H2,1-3H3. The Kier molecular flexibility index (Phi) is 5.22. The number of halogens is 1. The zero-order valence-corrected chi connectivity index (χ0v) is 13.3. The van der Waals surface area contributed by atoms with E-state index in [1.807, 2.05) is 45.2 Å². The van der Waals surface area contributed by atoms with Crippen LogP contribution in [-0.4, -0.2) is 16.4 Å². The number of nitrogens with one attached hydrogen (secondary N) is 1. The molecule has 0 spiro atoms. The Morgan fingerprint density at radius 2 is 2.24 bits per heavy atom. The van der Waals surface area contributed by atoms with Gasteiger partial charge < -0.3 is 4.74 Å². The van der Waals surface area contributed by atoms with E-state index in [2.05, 4.69) is 10.5 Å². The molecule has 1 unspecified atom stereocenters. The lowest BCUT2D eigenvalue weighted by molar-refractivity contribution is 0.339. The molecule has 114 valence electrons. The highest BCUT2D eigenvalue weighted by Gasteiger charge is 2.18. The highest BCUT2D eigenvalue weighted by atomic mass is 35.5. The molecule has 0 amide bonds. The fraction of sp³-hybridized carbons (Fsp3) is 0.400. The predicted molar refractivity (Wildman–Crippen MR) is 84.3 cm³/mol. The number of nitrogens with zero attached hydrogens (tertiary/aromatic N) is 2. The van der Waals surface area contributed by atoms with E-state index in [4.69, 9.17) is 22.2 Å². The topological polar surface area (TPSA) is 65.1 Å². The largest absolute Gasteiger partial charge is 0.494 e. The normalized spacial score (nSPS) is 12.4. The van der Waals surface area contributed by atoms with Gasteiger partial charge in [0.25, 0.3) is 0 Å². The van der Waals surface area contributed by atoms with Crippen molar-refractivity contribution in [2.75, 3.05) is 6.61 Å². The summed E-state index contributed by atoms with van der Waals surface area (Å²) in [4.78, 5) is 0. The first-order chi connectivity index (χ1) is 10.1. The van der Waals surface area contributed by atoms with Gasteiger partial charge in [-0.1, -0.05) is 23.7 Å². The Hall–Kier alpha value is -1.56. The molecule has 0 saturated carbocycles. The van der Waals surface area contributed by atoms with Crippen molar-refractivity contribution in [3.05, 3.63) is 46.2 Å². The average Bonchev–Trinajstić information content (AvgIpc) is 2.71. The molecule has 0 radical (unpaired) electrons. The van der Waals surface area contributed by atoms with E-state index in [0.717, 1.165) is 22.7 Å². The third kappa shape index (κ3) is 3.56. The summed E-state index contributed by atoms with van der Waals surface area (Å²) >= 11 is 6.31. The number of benzene rings is 1. The van der Waals surface area contributed by atoms with Gasteiger partial charge in [-0.3, -0.25) is 16.0 Å². The van der Waals surface area contributed by atoms with Crippen molar-refractivity contribution in [1.82, 2.24) is 15.2 Å². The first-order valence-corrected chi connectivity index (χ1v) is 7.31. The molecule has 3 N–H and O–H groups in total. The van der Waals surface area contributed by atoms with Crippen LogP contribution in [0.25, 0.3) is 0 Å². The van der Waals surface area contributed by atoms with Gasteiger partial charge in [-0.2, -0.15) is 5.10 Å². The van der Waals surface area contributed by atoms with Crippen molar-refractivity contribution in [3.63, 3.8) is 0 Å². The summed E-state index contributed by atoms with van der Waals surface area (Å²) < 4.78 is 7.33. The van der Waals surface area contributed by atoms with Crippen molar-refractivity contribution in [3.8, 4) is 5.75 Å². The van der Waals surface area contributed by atoms with Gasteiger partial charge in [0.1, 0.15) is 5.75 Å². The molecule has 2 aromatic rings. The predicted octanol–water partition coefficient (Wildman–Crippen LogP) is 2.53. The summed E-state index contributed by atoms with van der Waals surface area (Å²) in [7, 11) is 1.89. The van der Waals surface area contributed by atoms with Crippen LogP contribution >= 0.6 is 11.6 Å². The van der Waals surface area contributed by atoms with Gasteiger partial charge >= 0.3 is 0 Å². The quantitative estimate of drug-likeness (QED) is 0.636. The van der Waals surface area contributed by atoms with E-state index in [-0.39, 0.29) is 6.04 Å². The Bertz CT molecular complexity index is 612. The second-order valence-corrected chi connectivity index (χ2v) is 5.28. The molecule has 0 saturated heterocycles. The molecular weight excluding hydrogens is 288 g/mol. The number of ether oxygens (including phenoxy) is 1. The van der Waals surface area contributed by atoms with E-state index in [9.17, 15) is 0 Å². The molecule has 5 nitrogen and oxygen atoms in total. The van der Waals surface area contributed by atoms with E-state index in [0.29, 0.717) is 18.1 Å². The fourth-order valence-electron chi connectivity index (χ4n) is 2.36. The highest BCUT2D eigenvalue weighted by molar-refractivity contribution is 6.31. The molecule has 0 aliphatic heterocycles. The van der Waals surface area contributed by atoms with Gasteiger partial charge in [0.05, 0.1) is 29.1 Å². The minimum atomic E-state index is -0.0577. The first kappa shape index (κ1) is 15.8. The zero-order valence-electron chi connectivity index (χ0n) is 12.6. The van der Waals surface area contributed by atoms with Gasteiger partial charge in [0.2, 0.25) is 0 Å². The third-order valence-corrected chi connectivity index (χ3v) is 3.92. The maximum atomic E-state index is 6.31. The summed E-state index contributed by atoms with van der Waals surface area (Å²) in [6.07, 6.45) is 0.655. The number of nitrogens with two attached hydrogens (primary N) is 1. The average molecular weight is 309 g/mol. The minimum Gasteiger partial charge on any atom is -0.494 e. The number of hydrogen-bond acceptors (Lipinski definition) is 4. The summed E-state index contributed by atoms with van der Waals surface area (Å²) in [6, 6.07) is 7.84. The summed E-state index contributed by atoms with van der Waals surface area (Å²) in [5, 5.41) is 5.02. The summed E-state index contributed by atoms with van der Waals surface area (Å²) in [5.41, 5.74) is 5.68. The van der Waals surface area contributed by atoms with E-state index < -0.39 is 0 Å². The lowest BCUT2D eigenvalue weighted by atomic mass is 10.0. The SMILES string of the molecule is CCOc1cccc(C(Cc2c(Cl)c(C)nn2C)NN)c1. The van der Waals surface area contributed by atoms with Crippen LogP contribution in [0.5, 0.6) is 5.75 Å². The van der Waals surface area contributed by atoms with Gasteiger partial charge in [-0.25, -0.2) is 0 Å². The lowest BCUT2D eigenvalue weighted by Crippen LogP contribution is -2.30. The first-order valence-electron chi connectivity index (χ1n) is 6.93. The van der Waals surface area contributed by atoms with E-state index in [1.165, 1.54) is 0 Å². The number of rotatable bonds is 6. The van der Waals surface area contributed by atoms with Crippen molar-refractivity contribution < 1.29 is 4.74 Å². The molecule has 1 heterocycles. The summed E-state index contributed by atoms with van der Waals surface area (Å²) in [5.74, 6) is 6.56. The smallest absolute Gasteiger partial charge is 0.119 e. The minimum absolute atomic E-state index is 0.0577. The van der Waals surface area contributed by atoms with Crippen molar-refractivity contribution in [1.29, 1.82) is 0 Å². The van der Waals surface area contributed by atoms with Crippen LogP contribution in [0, 0.1) is 6.92 Å². The van der Waals surface area contributed by atoms with Crippen LogP contribution in [0.4, 0.5) is 0 Å². The molecule has 0 fully saturated rings. The van der Waals surface area contributed by atoms with Crippen molar-refractivity contribution in [2.45, 2.75) is 26.3 Å². The molecule has 0 bridgehead atoms. The second-order valence-electron chi connectivity index (χ2n) is 4.90. The van der Waals surface area contributed by atoms with Gasteiger partial charge in [0, 0.05) is 13.5 Å². The lowest BCUT2D eigenvalue weighted by Gasteiger charge is -2.17. The molecule has 0 aliphatic carbocycles. The number of aryl methyl sites for hydroxylation is 2. The molecule has 1 aromatic carbocycles. The van der Waals surface area contributed by atoms with Crippen LogP contribution in [0.1, 0.15) is 29.9 Å². The maximum Gasteiger partial charge on any atom is 0.119 e. The number of hydrazine groups is 1. The maximum absolute atomic E-state index is 6.31. The van der Waals surface area contributed by atoms with Crippen LogP contribution in [0.15, 0.2) is 24.3 Å². The molecule has 1 aromatic heterocycles. The monoisotopic (exact) mass is 308 g/mol. The Labute approximate surface area is 130 Å². The van der Waals surface area contributed by atoms with Gasteiger partial charge in [-0.05, 0) is 31.5 Å². The van der Waals surface area contributed by atoms with Crippen LogP contribution in [0.3, 0.4) is 0 Å². The molecule has 21 heavy (non-hydrogen) atoms. The zero-order chi connectivity index (χ0) is 15.4. The van der Waals surface area contributed by atoms with E-state index in [1.54, 1.807) is 4.68 Å². The van der Waals surface area contributed by atoms with Crippen molar-refractivity contribution >= 4 is 11.6 Å². The molecule has 0 aliphatic rings. The number of aromatic nitrogens is 2. The fourth-order valence-corrected chi connectivity index (χ4v) is 2.59. The van der Waals surface area contributed by atoms with Gasteiger partial charge in [-0.15, -0.1) is 0 Å². The number of hydrogen-bond donors (Lipinski definition) is 2. The van der Waals surface area contributed by atoms with Crippen LogP contribution in [0.2, 0.25) is 5.02 Å². The Morgan fingerprint density at radius 1 is 1.48 bits per heavy atom. The highest BCUT2D eigenvalue weighted by Crippen LogP contribution is 2.26. The molecule has 2 rings (SSSR count). The van der Waals surface area contributed by atoms with Crippen molar-refractivity contribution in [2.24, 2.45) is 12.9 Å². The second kappa shape index (κ2) is 6.93. The van der Waals surface area contributed by atoms with E-state index >= 15 is 0 Å². The molecule has 6 heteroatoms. The van der Waals surface area contributed by atoms with Crippen LogP contribution in [-0.2, 0) is 13.5 Å². The third-order valence-electron chi connectivity index (χ3n) is 3.43.